The van der Waals surface area contributed by atoms with Gasteiger partial charge in [-0.25, -0.2) is 0 Å². The molecular weight excluding hydrogens is 333 g/mol. The first-order chi connectivity index (χ1) is 11.8. The van der Waals surface area contributed by atoms with Crippen LogP contribution in [0.15, 0.2) is 54.6 Å². The van der Waals surface area contributed by atoms with Crippen LogP contribution in [-0.4, -0.2) is 18.4 Å². The Balaban J connectivity index is 1.74. The van der Waals surface area contributed by atoms with Gasteiger partial charge >= 0.3 is 6.18 Å². The summed E-state index contributed by atoms with van der Waals surface area (Å²) >= 11 is 0. The topological polar surface area (TPSA) is 58.2 Å². The molecule has 0 bridgehead atoms. The van der Waals surface area contributed by atoms with Gasteiger partial charge in [-0.05, 0) is 36.2 Å². The van der Waals surface area contributed by atoms with Crippen molar-refractivity contribution in [2.45, 2.75) is 19.0 Å². The molecule has 0 fully saturated rings. The molecule has 0 saturated carbocycles. The average molecular weight is 350 g/mol. The van der Waals surface area contributed by atoms with Crippen molar-refractivity contribution in [3.8, 4) is 0 Å². The smallest absolute Gasteiger partial charge is 0.347 e. The van der Waals surface area contributed by atoms with Crippen LogP contribution in [0.3, 0.4) is 0 Å². The van der Waals surface area contributed by atoms with E-state index < -0.39 is 17.6 Å². The zero-order chi connectivity index (χ0) is 18.3. The number of benzene rings is 2. The van der Waals surface area contributed by atoms with Crippen molar-refractivity contribution in [1.82, 2.24) is 5.32 Å². The molecule has 2 aromatic rings. The van der Waals surface area contributed by atoms with Crippen LogP contribution >= 0.6 is 0 Å². The molecule has 2 aromatic carbocycles. The van der Waals surface area contributed by atoms with Crippen molar-refractivity contribution in [2.24, 2.45) is 0 Å². The van der Waals surface area contributed by atoms with Gasteiger partial charge in [0.2, 0.25) is 11.8 Å². The van der Waals surface area contributed by atoms with E-state index in [4.69, 9.17) is 0 Å². The Kier molecular flexibility index (Phi) is 6.16. The maximum Gasteiger partial charge on any atom is 0.416 e. The third-order valence-electron chi connectivity index (χ3n) is 3.43. The van der Waals surface area contributed by atoms with Gasteiger partial charge in [0.25, 0.3) is 0 Å². The van der Waals surface area contributed by atoms with Crippen molar-refractivity contribution < 1.29 is 22.8 Å². The number of rotatable bonds is 6. The maximum atomic E-state index is 12.5. The van der Waals surface area contributed by atoms with E-state index in [2.05, 4.69) is 10.6 Å². The molecule has 4 nitrogen and oxygen atoms in total. The summed E-state index contributed by atoms with van der Waals surface area (Å²) in [6, 6.07) is 13.6. The van der Waals surface area contributed by atoms with Crippen LogP contribution < -0.4 is 10.6 Å². The van der Waals surface area contributed by atoms with E-state index >= 15 is 0 Å². The molecule has 2 N–H and O–H groups in total. The van der Waals surface area contributed by atoms with Crippen LogP contribution in [0.2, 0.25) is 0 Å². The Morgan fingerprint density at radius 2 is 1.52 bits per heavy atom. The highest BCUT2D eigenvalue weighted by molar-refractivity contribution is 5.94. The molecule has 0 unspecified atom stereocenters. The number of carbonyl (C=O) groups excluding carboxylic acids is 2. The zero-order valence-electron chi connectivity index (χ0n) is 13.3. The summed E-state index contributed by atoms with van der Waals surface area (Å²) in [5.41, 5.74) is 0.461. The third kappa shape index (κ3) is 6.29. The van der Waals surface area contributed by atoms with Crippen LogP contribution in [0, 0.1) is 0 Å². The highest BCUT2D eigenvalue weighted by Crippen LogP contribution is 2.29. The van der Waals surface area contributed by atoms with E-state index in [0.717, 1.165) is 29.8 Å². The number of hydrogen-bond acceptors (Lipinski definition) is 2. The van der Waals surface area contributed by atoms with Crippen LogP contribution in [0.25, 0.3) is 0 Å². The lowest BCUT2D eigenvalue weighted by atomic mass is 10.1. The lowest BCUT2D eigenvalue weighted by molar-refractivity contribution is -0.137. The Bertz CT molecular complexity index is 713. The number of halogens is 3. The minimum Gasteiger partial charge on any atom is -0.347 e. The lowest BCUT2D eigenvalue weighted by Gasteiger charge is -2.09. The summed E-state index contributed by atoms with van der Waals surface area (Å²) in [6.45, 7) is -0.241. The highest BCUT2D eigenvalue weighted by atomic mass is 19.4. The predicted octanol–water partition coefficient (Wildman–Crippen LogP) is 3.39. The molecule has 7 heteroatoms. The Hall–Kier alpha value is -2.83. The molecule has 2 amide bonds. The molecule has 0 aromatic heterocycles. The van der Waals surface area contributed by atoms with Crippen LogP contribution in [0.5, 0.6) is 0 Å². The summed E-state index contributed by atoms with van der Waals surface area (Å²) in [7, 11) is 0. The summed E-state index contributed by atoms with van der Waals surface area (Å²) in [5.74, 6) is -0.778. The van der Waals surface area contributed by atoms with Crippen LogP contribution in [0.4, 0.5) is 18.9 Å². The largest absolute Gasteiger partial charge is 0.416 e. The van der Waals surface area contributed by atoms with Gasteiger partial charge in [-0.3, -0.25) is 9.59 Å². The Morgan fingerprint density at radius 3 is 2.12 bits per heavy atom. The molecule has 25 heavy (non-hydrogen) atoms. The minimum absolute atomic E-state index is 0.233. The summed E-state index contributed by atoms with van der Waals surface area (Å²) in [5, 5.41) is 4.91. The standard InChI is InChI=1S/C18H17F3N2O2/c19-18(20,21)14-7-9-15(10-8-14)23-17(25)12-22-16(24)11-6-13-4-2-1-3-5-13/h1-5,7-10H,6,11-12H2,(H,22,24)(H,23,25). The Labute approximate surface area is 143 Å². The van der Waals surface area contributed by atoms with Gasteiger partial charge in [0, 0.05) is 12.1 Å². The van der Waals surface area contributed by atoms with E-state index in [1.54, 1.807) is 0 Å². The maximum absolute atomic E-state index is 12.5. The van der Waals surface area contributed by atoms with E-state index in [1.807, 2.05) is 30.3 Å². The van der Waals surface area contributed by atoms with Gasteiger partial charge in [-0.1, -0.05) is 30.3 Å². The summed E-state index contributed by atoms with van der Waals surface area (Å²) < 4.78 is 37.4. The molecule has 132 valence electrons. The number of carbonyl (C=O) groups is 2. The second kappa shape index (κ2) is 8.32. The third-order valence-corrected chi connectivity index (χ3v) is 3.43. The number of aryl methyl sites for hydroxylation is 1. The lowest BCUT2D eigenvalue weighted by Crippen LogP contribution is -2.32. The van der Waals surface area contributed by atoms with Gasteiger partial charge in [-0.15, -0.1) is 0 Å². The van der Waals surface area contributed by atoms with Gasteiger partial charge < -0.3 is 10.6 Å². The minimum atomic E-state index is -4.42. The van der Waals surface area contributed by atoms with Gasteiger partial charge in [0.15, 0.2) is 0 Å². The number of hydrogen-bond donors (Lipinski definition) is 2. The Morgan fingerprint density at radius 1 is 0.880 bits per heavy atom. The molecule has 0 heterocycles. The fourth-order valence-electron chi connectivity index (χ4n) is 2.12. The molecule has 2 rings (SSSR count). The number of nitrogens with one attached hydrogen (secondary N) is 2. The molecule has 0 aliphatic carbocycles. The molecular formula is C18H17F3N2O2. The first-order valence-corrected chi connectivity index (χ1v) is 7.62. The first kappa shape index (κ1) is 18.5. The van der Waals surface area contributed by atoms with Crippen LogP contribution in [0.1, 0.15) is 17.5 Å². The van der Waals surface area contributed by atoms with Crippen molar-refractivity contribution in [1.29, 1.82) is 0 Å². The SMILES string of the molecule is O=C(CCc1ccccc1)NCC(=O)Nc1ccc(C(F)(F)F)cc1. The summed E-state index contributed by atoms with van der Waals surface area (Å²) in [6.07, 6.45) is -3.61. The molecule has 0 atom stereocenters. The number of alkyl halides is 3. The van der Waals surface area contributed by atoms with Crippen molar-refractivity contribution in [2.75, 3.05) is 11.9 Å². The molecule has 0 aliphatic rings. The van der Waals surface area contributed by atoms with E-state index in [1.165, 1.54) is 0 Å². The quantitative estimate of drug-likeness (QED) is 0.839. The van der Waals surface area contributed by atoms with Crippen molar-refractivity contribution >= 4 is 17.5 Å². The predicted molar refractivity (Wildman–Crippen MR) is 87.8 cm³/mol. The average Bonchev–Trinajstić information content (AvgIpc) is 2.59. The number of amides is 2. The number of anilines is 1. The second-order valence-electron chi connectivity index (χ2n) is 5.39. The van der Waals surface area contributed by atoms with E-state index in [-0.39, 0.29) is 24.6 Å². The zero-order valence-corrected chi connectivity index (χ0v) is 13.3. The fraction of sp³-hybridized carbons (Fsp3) is 0.222. The second-order valence-corrected chi connectivity index (χ2v) is 5.39. The fourth-order valence-corrected chi connectivity index (χ4v) is 2.12. The molecule has 0 aliphatic heterocycles. The first-order valence-electron chi connectivity index (χ1n) is 7.62. The molecule has 0 spiro atoms. The van der Waals surface area contributed by atoms with Gasteiger partial charge in [0.1, 0.15) is 0 Å². The highest BCUT2D eigenvalue weighted by Gasteiger charge is 2.29. The van der Waals surface area contributed by atoms with Crippen molar-refractivity contribution in [3.63, 3.8) is 0 Å². The van der Waals surface area contributed by atoms with Crippen LogP contribution in [-0.2, 0) is 22.2 Å². The molecule has 0 radical (unpaired) electrons. The van der Waals surface area contributed by atoms with Crippen molar-refractivity contribution in [3.05, 3.63) is 65.7 Å². The monoisotopic (exact) mass is 350 g/mol. The van der Waals surface area contributed by atoms with Gasteiger partial charge in [0.05, 0.1) is 12.1 Å². The molecule has 0 saturated heterocycles. The summed E-state index contributed by atoms with van der Waals surface area (Å²) in [4.78, 5) is 23.4. The van der Waals surface area contributed by atoms with E-state index in [9.17, 15) is 22.8 Å². The normalized spacial score (nSPS) is 11.0. The van der Waals surface area contributed by atoms with E-state index in [0.29, 0.717) is 6.42 Å². The van der Waals surface area contributed by atoms with Gasteiger partial charge in [-0.2, -0.15) is 13.2 Å².